The Hall–Kier alpha value is -2.44. The number of phenols is 2. The summed E-state index contributed by atoms with van der Waals surface area (Å²) in [5.74, 6) is -1.14. The molecule has 86 valence electrons. The molecule has 0 aromatic heterocycles. The topological polar surface area (TPSA) is 129 Å². The number of phenolic OH excluding ortho intramolecular Hbond substituents is 2. The van der Waals surface area contributed by atoms with E-state index in [0.717, 1.165) is 4.90 Å². The Bertz CT molecular complexity index is 432. The monoisotopic (exact) mass is 223 g/mol. The molecule has 16 heavy (non-hydrogen) atoms. The lowest BCUT2D eigenvalue weighted by Crippen LogP contribution is -2.41. The second-order valence-corrected chi connectivity index (χ2v) is 3.09. The summed E-state index contributed by atoms with van der Waals surface area (Å²) in [4.78, 5) is 1.07. The molecule has 7 N–H and O–H groups in total. The summed E-state index contributed by atoms with van der Waals surface area (Å²) in [5, 5.41) is 35.8. The average molecular weight is 223 g/mol. The highest BCUT2D eigenvalue weighted by Crippen LogP contribution is 2.32. The zero-order valence-corrected chi connectivity index (χ0v) is 8.65. The summed E-state index contributed by atoms with van der Waals surface area (Å²) in [6.45, 7) is 0. The Morgan fingerprint density at radius 1 is 1.38 bits per heavy atom. The maximum Gasteiger partial charge on any atom is 0.202 e. The SMILES string of the molecule is CN(C(=N)N)C(=N)Nc1cccc(O)c1O. The number of para-hydroxylation sites is 1. The van der Waals surface area contributed by atoms with Crippen molar-refractivity contribution in [3.05, 3.63) is 18.2 Å². The van der Waals surface area contributed by atoms with Gasteiger partial charge >= 0.3 is 0 Å². The van der Waals surface area contributed by atoms with Gasteiger partial charge in [-0.3, -0.25) is 15.7 Å². The minimum Gasteiger partial charge on any atom is -0.504 e. The normalized spacial score (nSPS) is 9.56. The van der Waals surface area contributed by atoms with Crippen LogP contribution in [0.4, 0.5) is 5.69 Å². The van der Waals surface area contributed by atoms with E-state index in [-0.39, 0.29) is 29.1 Å². The highest BCUT2D eigenvalue weighted by atomic mass is 16.3. The summed E-state index contributed by atoms with van der Waals surface area (Å²) >= 11 is 0. The first kappa shape index (κ1) is 11.6. The molecular formula is C9H13N5O2. The lowest BCUT2D eigenvalue weighted by molar-refractivity contribution is 0.405. The molecule has 0 saturated heterocycles. The van der Waals surface area contributed by atoms with Crippen LogP contribution in [0.2, 0.25) is 0 Å². The molecule has 0 radical (unpaired) electrons. The zero-order chi connectivity index (χ0) is 12.3. The van der Waals surface area contributed by atoms with Gasteiger partial charge in [0.25, 0.3) is 0 Å². The van der Waals surface area contributed by atoms with Crippen molar-refractivity contribution in [2.24, 2.45) is 5.73 Å². The molecule has 1 aromatic rings. The molecule has 1 rings (SSSR count). The predicted octanol–water partition coefficient (Wildman–Crippen LogP) is 0.270. The van der Waals surface area contributed by atoms with Gasteiger partial charge in [-0.05, 0) is 12.1 Å². The van der Waals surface area contributed by atoms with Crippen molar-refractivity contribution in [1.82, 2.24) is 4.90 Å². The number of anilines is 1. The molecule has 0 heterocycles. The second-order valence-electron chi connectivity index (χ2n) is 3.09. The summed E-state index contributed by atoms with van der Waals surface area (Å²) in [5.41, 5.74) is 5.34. The Morgan fingerprint density at radius 2 is 2.00 bits per heavy atom. The highest BCUT2D eigenvalue weighted by molar-refractivity contribution is 6.02. The third-order valence-electron chi connectivity index (χ3n) is 1.96. The molecule has 0 aliphatic heterocycles. The number of aromatic hydroxyl groups is 2. The van der Waals surface area contributed by atoms with Crippen LogP contribution in [-0.4, -0.2) is 34.1 Å². The van der Waals surface area contributed by atoms with Crippen molar-refractivity contribution in [2.75, 3.05) is 12.4 Å². The molecule has 0 spiro atoms. The highest BCUT2D eigenvalue weighted by Gasteiger charge is 2.11. The molecule has 1 aromatic carbocycles. The summed E-state index contributed by atoms with van der Waals surface area (Å²) < 4.78 is 0. The second kappa shape index (κ2) is 4.39. The van der Waals surface area contributed by atoms with E-state index < -0.39 is 0 Å². The molecule has 0 saturated carbocycles. The van der Waals surface area contributed by atoms with Crippen molar-refractivity contribution in [2.45, 2.75) is 0 Å². The van der Waals surface area contributed by atoms with Gasteiger partial charge in [0.1, 0.15) is 0 Å². The van der Waals surface area contributed by atoms with Crippen LogP contribution >= 0.6 is 0 Å². The van der Waals surface area contributed by atoms with Crippen molar-refractivity contribution in [3.63, 3.8) is 0 Å². The Balaban J connectivity index is 2.85. The maximum atomic E-state index is 9.45. The third kappa shape index (κ3) is 2.32. The van der Waals surface area contributed by atoms with Gasteiger partial charge in [0, 0.05) is 7.05 Å². The molecule has 7 nitrogen and oxygen atoms in total. The summed E-state index contributed by atoms with van der Waals surface area (Å²) in [7, 11) is 1.43. The Kier molecular flexibility index (Phi) is 3.19. The van der Waals surface area contributed by atoms with Crippen LogP contribution in [0.1, 0.15) is 0 Å². The Morgan fingerprint density at radius 3 is 2.56 bits per heavy atom. The van der Waals surface area contributed by atoms with Crippen LogP contribution < -0.4 is 11.1 Å². The zero-order valence-electron chi connectivity index (χ0n) is 8.65. The number of rotatable bonds is 1. The van der Waals surface area contributed by atoms with Gasteiger partial charge in [0.15, 0.2) is 17.5 Å². The number of nitrogens with one attached hydrogen (secondary N) is 3. The van der Waals surface area contributed by atoms with E-state index in [2.05, 4.69) is 5.32 Å². The van der Waals surface area contributed by atoms with E-state index >= 15 is 0 Å². The predicted molar refractivity (Wildman–Crippen MR) is 60.8 cm³/mol. The van der Waals surface area contributed by atoms with Crippen LogP contribution in [0, 0.1) is 10.8 Å². The molecule has 0 unspecified atom stereocenters. The quantitative estimate of drug-likeness (QED) is 0.231. The van der Waals surface area contributed by atoms with E-state index in [4.69, 9.17) is 16.6 Å². The van der Waals surface area contributed by atoms with Crippen molar-refractivity contribution in [3.8, 4) is 11.5 Å². The number of nitrogens with two attached hydrogens (primary N) is 1. The number of hydrogen-bond donors (Lipinski definition) is 6. The van der Waals surface area contributed by atoms with Crippen LogP contribution in [0.15, 0.2) is 18.2 Å². The van der Waals surface area contributed by atoms with E-state index in [1.165, 1.54) is 25.2 Å². The van der Waals surface area contributed by atoms with E-state index in [1.807, 2.05) is 0 Å². The molecule has 0 fully saturated rings. The van der Waals surface area contributed by atoms with Gasteiger partial charge in [0.05, 0.1) is 5.69 Å². The van der Waals surface area contributed by atoms with Crippen molar-refractivity contribution >= 4 is 17.6 Å². The smallest absolute Gasteiger partial charge is 0.202 e. The number of guanidine groups is 2. The first-order valence-electron chi connectivity index (χ1n) is 4.37. The minimum absolute atomic E-state index is 0.165. The van der Waals surface area contributed by atoms with Crippen LogP contribution in [0.3, 0.4) is 0 Å². The van der Waals surface area contributed by atoms with Crippen LogP contribution in [0.5, 0.6) is 11.5 Å². The maximum absolute atomic E-state index is 9.45. The van der Waals surface area contributed by atoms with Gasteiger partial charge in [-0.1, -0.05) is 6.07 Å². The fourth-order valence-electron chi connectivity index (χ4n) is 0.964. The average Bonchev–Trinajstić information content (AvgIpc) is 2.23. The molecule has 0 atom stereocenters. The van der Waals surface area contributed by atoms with Crippen LogP contribution in [0.25, 0.3) is 0 Å². The molecule has 0 aliphatic rings. The van der Waals surface area contributed by atoms with E-state index in [9.17, 15) is 10.2 Å². The lowest BCUT2D eigenvalue weighted by atomic mass is 10.2. The fourth-order valence-corrected chi connectivity index (χ4v) is 0.964. The number of benzene rings is 1. The van der Waals surface area contributed by atoms with Gasteiger partial charge < -0.3 is 21.3 Å². The van der Waals surface area contributed by atoms with Gasteiger partial charge in [-0.2, -0.15) is 0 Å². The summed E-state index contributed by atoms with van der Waals surface area (Å²) in [6, 6.07) is 4.31. The van der Waals surface area contributed by atoms with Crippen molar-refractivity contribution in [1.29, 1.82) is 10.8 Å². The molecular weight excluding hydrogens is 210 g/mol. The lowest BCUT2D eigenvalue weighted by Gasteiger charge is -2.19. The van der Waals surface area contributed by atoms with Gasteiger partial charge in [0.2, 0.25) is 5.96 Å². The third-order valence-corrected chi connectivity index (χ3v) is 1.96. The first-order chi connectivity index (χ1) is 7.43. The standard InChI is InChI=1S/C9H13N5O2/c1-14(8(10)11)9(12)13-5-3-2-4-6(15)7(5)16/h2-4,15-16H,1H3,(H3,10,11)(H2,12,13). The van der Waals surface area contributed by atoms with Crippen molar-refractivity contribution < 1.29 is 10.2 Å². The van der Waals surface area contributed by atoms with E-state index in [0.29, 0.717) is 0 Å². The largest absolute Gasteiger partial charge is 0.504 e. The number of hydrogen-bond acceptors (Lipinski definition) is 4. The van der Waals surface area contributed by atoms with Gasteiger partial charge in [-0.15, -0.1) is 0 Å². The van der Waals surface area contributed by atoms with Crippen LogP contribution in [-0.2, 0) is 0 Å². The summed E-state index contributed by atoms with van der Waals surface area (Å²) in [6.07, 6.45) is 0. The molecule has 0 aliphatic carbocycles. The first-order valence-corrected chi connectivity index (χ1v) is 4.37. The Labute approximate surface area is 92.1 Å². The molecule has 0 amide bonds. The number of nitrogens with zero attached hydrogens (tertiary/aromatic N) is 1. The van der Waals surface area contributed by atoms with E-state index in [1.54, 1.807) is 0 Å². The van der Waals surface area contributed by atoms with Gasteiger partial charge in [-0.25, -0.2) is 0 Å². The minimum atomic E-state index is -0.357. The fraction of sp³-hybridized carbons (Fsp3) is 0.111. The molecule has 7 heteroatoms. The molecule has 0 bridgehead atoms.